The van der Waals surface area contributed by atoms with Crippen molar-refractivity contribution < 1.29 is 19.4 Å². The van der Waals surface area contributed by atoms with Crippen molar-refractivity contribution in [3.05, 3.63) is 35.4 Å². The molecule has 126 valence electrons. The van der Waals surface area contributed by atoms with Gasteiger partial charge in [-0.05, 0) is 39.1 Å². The van der Waals surface area contributed by atoms with Gasteiger partial charge in [-0.3, -0.25) is 9.69 Å². The van der Waals surface area contributed by atoms with Gasteiger partial charge in [0.15, 0.2) is 17.3 Å². The molecule has 24 heavy (non-hydrogen) atoms. The first-order valence-electron chi connectivity index (χ1n) is 8.67. The second-order valence-corrected chi connectivity index (χ2v) is 7.27. The van der Waals surface area contributed by atoms with Crippen LogP contribution in [-0.4, -0.2) is 54.2 Å². The number of aliphatic hydroxyl groups is 1. The summed E-state index contributed by atoms with van der Waals surface area (Å²) < 4.78 is 12.0. The number of benzene rings is 1. The lowest BCUT2D eigenvalue weighted by Crippen LogP contribution is -2.66. The number of ketones is 1. The van der Waals surface area contributed by atoms with E-state index < -0.39 is 6.10 Å². The van der Waals surface area contributed by atoms with E-state index in [1.165, 1.54) is 0 Å². The third-order valence-corrected chi connectivity index (χ3v) is 6.29. The molecular weight excluding hydrogens is 306 g/mol. The fourth-order valence-corrected chi connectivity index (χ4v) is 5.35. The summed E-state index contributed by atoms with van der Waals surface area (Å²) in [6, 6.07) is 3.54. The Kier molecular flexibility index (Phi) is 2.78. The molecule has 2 aliphatic heterocycles. The topological polar surface area (TPSA) is 59.0 Å². The van der Waals surface area contributed by atoms with Gasteiger partial charge < -0.3 is 14.6 Å². The van der Waals surface area contributed by atoms with E-state index in [-0.39, 0.29) is 29.3 Å². The normalized spacial score (nSPS) is 38.7. The van der Waals surface area contributed by atoms with Crippen LogP contribution in [0.3, 0.4) is 0 Å². The molecule has 1 aromatic rings. The number of ether oxygens (including phenoxy) is 2. The first-order valence-corrected chi connectivity index (χ1v) is 8.67. The molecule has 0 aromatic heterocycles. The highest BCUT2D eigenvalue weighted by atomic mass is 16.5. The molecular formula is C19H21NO4. The number of likely N-dealkylation sites (N-methyl/N-ethyl adjacent to an activating group) is 1. The van der Waals surface area contributed by atoms with Crippen LogP contribution in [0.15, 0.2) is 24.3 Å². The number of nitrogens with zero attached hydrogens (tertiary/aromatic N) is 1. The van der Waals surface area contributed by atoms with E-state index in [2.05, 4.69) is 4.90 Å². The fraction of sp³-hybridized carbons (Fsp3) is 0.526. The zero-order chi connectivity index (χ0) is 16.6. The van der Waals surface area contributed by atoms with E-state index >= 15 is 0 Å². The van der Waals surface area contributed by atoms with Crippen LogP contribution in [0.5, 0.6) is 11.5 Å². The zero-order valence-electron chi connectivity index (χ0n) is 13.9. The van der Waals surface area contributed by atoms with E-state index in [0.29, 0.717) is 18.1 Å². The summed E-state index contributed by atoms with van der Waals surface area (Å²) in [6.07, 6.45) is 3.71. The predicted molar refractivity (Wildman–Crippen MR) is 87.7 cm³/mol. The first-order chi connectivity index (χ1) is 11.6. The summed E-state index contributed by atoms with van der Waals surface area (Å²) in [7, 11) is 2.01. The molecule has 1 N–H and O–H groups in total. The average Bonchev–Trinajstić information content (AvgIpc) is 2.92. The van der Waals surface area contributed by atoms with Crippen LogP contribution < -0.4 is 9.47 Å². The summed E-state index contributed by atoms with van der Waals surface area (Å²) >= 11 is 0. The maximum absolute atomic E-state index is 13.2. The lowest BCUT2D eigenvalue weighted by molar-refractivity contribution is -0.0386. The van der Waals surface area contributed by atoms with Crippen molar-refractivity contribution >= 4 is 5.78 Å². The molecule has 5 atom stereocenters. The smallest absolute Gasteiger partial charge is 0.181 e. The maximum atomic E-state index is 13.2. The number of carbonyl (C=O) groups is 1. The minimum atomic E-state index is -0.659. The standard InChI is InChI=1S/C19H21NO4/c1-3-23-13-7-4-10-14-17(13)24-18-12(21)6-5-11-15(16(10)22)20(2)9-8-19(11,14)18/h4-7,11-12,15,18,21H,3,8-9H2,1-2H3/t11-,12-,15-,18-,19-/m0/s1. The van der Waals surface area contributed by atoms with Gasteiger partial charge in [0.2, 0.25) is 0 Å². The van der Waals surface area contributed by atoms with Crippen LogP contribution in [0.2, 0.25) is 0 Å². The van der Waals surface area contributed by atoms with Crippen molar-refractivity contribution in [2.75, 3.05) is 20.2 Å². The SMILES string of the molecule is CCOc1ccc2c3c1O[C@H]1[C@@H](O)C=C[C@H]4[C@@H](C2=O)N(C)CC[C@@]341. The molecule has 0 unspecified atom stereocenters. The Morgan fingerprint density at radius 2 is 2.25 bits per heavy atom. The van der Waals surface area contributed by atoms with Gasteiger partial charge in [0.1, 0.15) is 12.2 Å². The van der Waals surface area contributed by atoms with Crippen LogP contribution in [0.4, 0.5) is 0 Å². The van der Waals surface area contributed by atoms with E-state index in [1.54, 1.807) is 6.08 Å². The van der Waals surface area contributed by atoms with Crippen molar-refractivity contribution in [2.45, 2.75) is 37.0 Å². The van der Waals surface area contributed by atoms with E-state index in [1.807, 2.05) is 32.2 Å². The van der Waals surface area contributed by atoms with Crippen molar-refractivity contribution in [3.8, 4) is 11.5 Å². The van der Waals surface area contributed by atoms with Gasteiger partial charge in [-0.15, -0.1) is 0 Å². The maximum Gasteiger partial charge on any atom is 0.181 e. The molecule has 1 aromatic carbocycles. The zero-order valence-corrected chi connectivity index (χ0v) is 13.9. The molecule has 5 rings (SSSR count). The fourth-order valence-electron chi connectivity index (χ4n) is 5.35. The van der Waals surface area contributed by atoms with Gasteiger partial charge >= 0.3 is 0 Å². The average molecular weight is 327 g/mol. The molecule has 2 aliphatic carbocycles. The van der Waals surface area contributed by atoms with E-state index in [4.69, 9.17) is 9.47 Å². The molecule has 1 fully saturated rings. The van der Waals surface area contributed by atoms with Gasteiger partial charge in [-0.25, -0.2) is 0 Å². The Hall–Kier alpha value is -1.85. The predicted octanol–water partition coefficient (Wildman–Crippen LogP) is 1.53. The summed E-state index contributed by atoms with van der Waals surface area (Å²) in [5.74, 6) is 1.55. The molecule has 5 heteroatoms. The highest BCUT2D eigenvalue weighted by Crippen LogP contribution is 2.62. The Morgan fingerprint density at radius 1 is 1.42 bits per heavy atom. The molecule has 5 nitrogen and oxygen atoms in total. The summed E-state index contributed by atoms with van der Waals surface area (Å²) in [4.78, 5) is 15.3. The number of hydrogen-bond donors (Lipinski definition) is 1. The number of aliphatic hydroxyl groups excluding tert-OH is 1. The van der Waals surface area contributed by atoms with Gasteiger partial charge in [-0.2, -0.15) is 0 Å². The van der Waals surface area contributed by atoms with Crippen molar-refractivity contribution in [3.63, 3.8) is 0 Å². The lowest BCUT2D eigenvalue weighted by atomic mass is 9.53. The second-order valence-electron chi connectivity index (χ2n) is 7.27. The number of carbonyl (C=O) groups excluding carboxylic acids is 1. The summed E-state index contributed by atoms with van der Waals surface area (Å²) in [5, 5.41) is 10.6. The molecule has 0 amide bonds. The molecule has 2 heterocycles. The number of piperidine rings is 1. The molecule has 1 spiro atoms. The van der Waals surface area contributed by atoms with Crippen molar-refractivity contribution in [2.24, 2.45) is 5.92 Å². The third-order valence-electron chi connectivity index (χ3n) is 6.29. The van der Waals surface area contributed by atoms with Crippen molar-refractivity contribution in [1.82, 2.24) is 4.90 Å². The Bertz CT molecular complexity index is 773. The van der Waals surface area contributed by atoms with Gasteiger partial charge in [0, 0.05) is 22.5 Å². The molecule has 2 bridgehead atoms. The van der Waals surface area contributed by atoms with Gasteiger partial charge in [-0.1, -0.05) is 12.2 Å². The number of rotatable bonds is 2. The quantitative estimate of drug-likeness (QED) is 0.835. The molecule has 0 saturated carbocycles. The Balaban J connectivity index is 1.83. The number of hydrogen-bond acceptors (Lipinski definition) is 5. The van der Waals surface area contributed by atoms with Gasteiger partial charge in [0.25, 0.3) is 0 Å². The molecule has 1 saturated heterocycles. The largest absolute Gasteiger partial charge is 0.490 e. The van der Waals surface area contributed by atoms with Crippen LogP contribution in [0, 0.1) is 5.92 Å². The minimum absolute atomic E-state index is 0.0442. The van der Waals surface area contributed by atoms with E-state index in [9.17, 15) is 9.90 Å². The van der Waals surface area contributed by atoms with Crippen LogP contribution in [-0.2, 0) is 5.41 Å². The number of Topliss-reactive ketones (excluding diaryl/α,β-unsaturated/α-hetero) is 1. The third kappa shape index (κ3) is 1.46. The van der Waals surface area contributed by atoms with Crippen LogP contribution >= 0.6 is 0 Å². The van der Waals surface area contributed by atoms with Crippen LogP contribution in [0.25, 0.3) is 0 Å². The first kappa shape index (κ1) is 14.5. The Morgan fingerprint density at radius 3 is 3.04 bits per heavy atom. The highest BCUT2D eigenvalue weighted by Gasteiger charge is 2.66. The molecule has 0 radical (unpaired) electrons. The minimum Gasteiger partial charge on any atom is -0.490 e. The highest BCUT2D eigenvalue weighted by molar-refractivity contribution is 6.05. The summed E-state index contributed by atoms with van der Waals surface area (Å²) in [5.41, 5.74) is 1.39. The van der Waals surface area contributed by atoms with Crippen LogP contribution in [0.1, 0.15) is 29.3 Å². The number of likely N-dealkylation sites (tertiary alicyclic amines) is 1. The Labute approximate surface area is 140 Å². The lowest BCUT2D eigenvalue weighted by Gasteiger charge is -2.55. The van der Waals surface area contributed by atoms with Crippen molar-refractivity contribution in [1.29, 1.82) is 0 Å². The van der Waals surface area contributed by atoms with E-state index in [0.717, 1.165) is 24.1 Å². The second kappa shape index (κ2) is 4.61. The monoisotopic (exact) mass is 327 g/mol. The summed E-state index contributed by atoms with van der Waals surface area (Å²) in [6.45, 7) is 3.30. The molecule has 4 aliphatic rings. The van der Waals surface area contributed by atoms with Gasteiger partial charge in [0.05, 0.1) is 12.6 Å².